The minimum atomic E-state index is 0.512. The Labute approximate surface area is 95.6 Å². The Kier molecular flexibility index (Phi) is 3.13. The lowest BCUT2D eigenvalue weighted by molar-refractivity contribution is 0.507. The van der Waals surface area contributed by atoms with Crippen molar-refractivity contribution < 1.29 is 4.42 Å². The van der Waals surface area contributed by atoms with Crippen LogP contribution in [0, 0.1) is 0 Å². The SMILES string of the molecule is NCCc1nnc(-c2ccccc2Br)o1. The minimum absolute atomic E-state index is 0.512. The number of hydrogen-bond acceptors (Lipinski definition) is 4. The highest BCUT2D eigenvalue weighted by molar-refractivity contribution is 9.10. The highest BCUT2D eigenvalue weighted by Gasteiger charge is 2.10. The molecule has 78 valence electrons. The molecule has 2 aromatic rings. The second kappa shape index (κ2) is 4.55. The maximum absolute atomic E-state index is 5.46. The van der Waals surface area contributed by atoms with Gasteiger partial charge >= 0.3 is 0 Å². The third-order valence-corrected chi connectivity index (χ3v) is 2.62. The molecule has 1 aromatic carbocycles. The molecule has 0 spiro atoms. The van der Waals surface area contributed by atoms with Gasteiger partial charge in [0.15, 0.2) is 0 Å². The van der Waals surface area contributed by atoms with Crippen LogP contribution in [0.15, 0.2) is 33.2 Å². The van der Waals surface area contributed by atoms with Gasteiger partial charge in [-0.15, -0.1) is 10.2 Å². The number of rotatable bonds is 3. The van der Waals surface area contributed by atoms with Gasteiger partial charge in [-0.2, -0.15) is 0 Å². The van der Waals surface area contributed by atoms with Crippen molar-refractivity contribution in [1.82, 2.24) is 10.2 Å². The lowest BCUT2D eigenvalue weighted by Gasteiger charge is -1.96. The van der Waals surface area contributed by atoms with E-state index in [1.165, 1.54) is 0 Å². The lowest BCUT2D eigenvalue weighted by atomic mass is 10.2. The molecule has 0 unspecified atom stereocenters. The monoisotopic (exact) mass is 267 g/mol. The zero-order chi connectivity index (χ0) is 10.7. The Balaban J connectivity index is 2.33. The quantitative estimate of drug-likeness (QED) is 0.924. The molecule has 5 heteroatoms. The van der Waals surface area contributed by atoms with Crippen molar-refractivity contribution in [3.63, 3.8) is 0 Å². The van der Waals surface area contributed by atoms with Crippen LogP contribution >= 0.6 is 15.9 Å². The predicted octanol–water partition coefficient (Wildman–Crippen LogP) is 2.00. The van der Waals surface area contributed by atoms with Gasteiger partial charge in [-0.1, -0.05) is 12.1 Å². The maximum atomic E-state index is 5.46. The van der Waals surface area contributed by atoms with Gasteiger partial charge in [0.2, 0.25) is 11.8 Å². The van der Waals surface area contributed by atoms with E-state index in [2.05, 4.69) is 26.1 Å². The second-order valence-corrected chi connectivity index (χ2v) is 3.87. The highest BCUT2D eigenvalue weighted by atomic mass is 79.9. The molecular formula is C10H10BrN3O. The molecule has 0 amide bonds. The normalized spacial score (nSPS) is 10.5. The van der Waals surface area contributed by atoms with Crippen LogP contribution in [0.5, 0.6) is 0 Å². The highest BCUT2D eigenvalue weighted by Crippen LogP contribution is 2.26. The van der Waals surface area contributed by atoms with Crippen molar-refractivity contribution in [2.24, 2.45) is 5.73 Å². The summed E-state index contributed by atoms with van der Waals surface area (Å²) >= 11 is 3.43. The van der Waals surface area contributed by atoms with Crippen molar-refractivity contribution in [3.8, 4) is 11.5 Å². The van der Waals surface area contributed by atoms with Crippen molar-refractivity contribution >= 4 is 15.9 Å². The summed E-state index contributed by atoms with van der Waals surface area (Å²) in [6.45, 7) is 0.512. The summed E-state index contributed by atoms with van der Waals surface area (Å²) in [7, 11) is 0. The molecule has 0 aliphatic carbocycles. The standard InChI is InChI=1S/C10H10BrN3O/c11-8-4-2-1-3-7(8)10-14-13-9(15-10)5-6-12/h1-4H,5-6,12H2. The summed E-state index contributed by atoms with van der Waals surface area (Å²) in [5.74, 6) is 1.09. The molecule has 0 radical (unpaired) electrons. The predicted molar refractivity (Wildman–Crippen MR) is 60.2 cm³/mol. The number of nitrogens with two attached hydrogens (primary N) is 1. The van der Waals surface area contributed by atoms with Crippen LogP contribution in [-0.4, -0.2) is 16.7 Å². The smallest absolute Gasteiger partial charge is 0.248 e. The first kappa shape index (κ1) is 10.3. The van der Waals surface area contributed by atoms with Crippen molar-refractivity contribution in [1.29, 1.82) is 0 Å². The maximum Gasteiger partial charge on any atom is 0.248 e. The molecule has 1 aromatic heterocycles. The van der Waals surface area contributed by atoms with E-state index in [0.29, 0.717) is 24.7 Å². The van der Waals surface area contributed by atoms with Crippen LogP contribution in [0.1, 0.15) is 5.89 Å². The number of halogens is 1. The number of nitrogens with zero attached hydrogens (tertiary/aromatic N) is 2. The van der Waals surface area contributed by atoms with Crippen molar-refractivity contribution in [3.05, 3.63) is 34.6 Å². The van der Waals surface area contributed by atoms with Crippen LogP contribution < -0.4 is 5.73 Å². The van der Waals surface area contributed by atoms with E-state index in [0.717, 1.165) is 10.0 Å². The lowest BCUT2D eigenvalue weighted by Crippen LogP contribution is -2.02. The molecule has 0 fully saturated rings. The number of benzene rings is 1. The Bertz CT molecular complexity index is 455. The first-order chi connectivity index (χ1) is 7.31. The van der Waals surface area contributed by atoms with Gasteiger partial charge in [-0.3, -0.25) is 0 Å². The fourth-order valence-corrected chi connectivity index (χ4v) is 1.68. The summed E-state index contributed by atoms with van der Waals surface area (Å²) in [5, 5.41) is 7.87. The van der Waals surface area contributed by atoms with E-state index in [1.807, 2.05) is 24.3 Å². The van der Waals surface area contributed by atoms with Crippen molar-refractivity contribution in [2.45, 2.75) is 6.42 Å². The van der Waals surface area contributed by atoms with E-state index < -0.39 is 0 Å². The van der Waals surface area contributed by atoms with Gasteiger partial charge in [0.05, 0.1) is 5.56 Å². The molecule has 4 nitrogen and oxygen atoms in total. The van der Waals surface area contributed by atoms with Gasteiger partial charge in [-0.25, -0.2) is 0 Å². The summed E-state index contributed by atoms with van der Waals surface area (Å²) in [5.41, 5.74) is 6.30. The fraction of sp³-hybridized carbons (Fsp3) is 0.200. The van der Waals surface area contributed by atoms with Crippen LogP contribution in [-0.2, 0) is 6.42 Å². The number of aromatic nitrogens is 2. The van der Waals surface area contributed by atoms with Gasteiger partial charge in [-0.05, 0) is 28.1 Å². The third kappa shape index (κ3) is 2.24. The Morgan fingerprint density at radius 1 is 1.27 bits per heavy atom. The van der Waals surface area contributed by atoms with Crippen LogP contribution in [0.3, 0.4) is 0 Å². The molecular weight excluding hydrogens is 258 g/mol. The van der Waals surface area contributed by atoms with Crippen LogP contribution in [0.4, 0.5) is 0 Å². The van der Waals surface area contributed by atoms with Crippen molar-refractivity contribution in [2.75, 3.05) is 6.54 Å². The fourth-order valence-electron chi connectivity index (χ4n) is 1.22. The minimum Gasteiger partial charge on any atom is -0.421 e. The van der Waals surface area contributed by atoms with Gasteiger partial charge < -0.3 is 10.2 Å². The summed E-state index contributed by atoms with van der Waals surface area (Å²) in [6.07, 6.45) is 0.609. The molecule has 15 heavy (non-hydrogen) atoms. The van der Waals surface area contributed by atoms with Gasteiger partial charge in [0.25, 0.3) is 0 Å². The number of hydrogen-bond donors (Lipinski definition) is 1. The summed E-state index contributed by atoms with van der Waals surface area (Å²) < 4.78 is 6.40. The molecule has 1 heterocycles. The Hall–Kier alpha value is -1.20. The summed E-state index contributed by atoms with van der Waals surface area (Å²) in [6, 6.07) is 7.71. The first-order valence-electron chi connectivity index (χ1n) is 4.58. The first-order valence-corrected chi connectivity index (χ1v) is 5.38. The zero-order valence-electron chi connectivity index (χ0n) is 7.98. The van der Waals surface area contributed by atoms with Gasteiger partial charge in [0, 0.05) is 17.4 Å². The Morgan fingerprint density at radius 3 is 2.80 bits per heavy atom. The van der Waals surface area contributed by atoms with E-state index in [9.17, 15) is 0 Å². The average Bonchev–Trinajstić information content (AvgIpc) is 2.68. The van der Waals surface area contributed by atoms with Crippen LogP contribution in [0.2, 0.25) is 0 Å². The molecule has 0 aliphatic rings. The molecule has 0 bridgehead atoms. The topological polar surface area (TPSA) is 64.9 Å². The van der Waals surface area contributed by atoms with E-state index >= 15 is 0 Å². The zero-order valence-corrected chi connectivity index (χ0v) is 9.57. The second-order valence-electron chi connectivity index (χ2n) is 3.02. The molecule has 0 aliphatic heterocycles. The third-order valence-electron chi connectivity index (χ3n) is 1.93. The Morgan fingerprint density at radius 2 is 2.07 bits per heavy atom. The average molecular weight is 268 g/mol. The van der Waals surface area contributed by atoms with Crippen LogP contribution in [0.25, 0.3) is 11.5 Å². The summed E-state index contributed by atoms with van der Waals surface area (Å²) in [4.78, 5) is 0. The van der Waals surface area contributed by atoms with E-state index in [-0.39, 0.29) is 0 Å². The largest absolute Gasteiger partial charge is 0.421 e. The molecule has 2 N–H and O–H groups in total. The van der Waals surface area contributed by atoms with Gasteiger partial charge in [0.1, 0.15) is 0 Å². The van der Waals surface area contributed by atoms with E-state index in [4.69, 9.17) is 10.2 Å². The van der Waals surface area contributed by atoms with E-state index in [1.54, 1.807) is 0 Å². The molecule has 0 atom stereocenters. The molecule has 0 saturated heterocycles. The molecule has 2 rings (SSSR count). The molecule has 0 saturated carbocycles.